The van der Waals surface area contributed by atoms with Gasteiger partial charge in [0, 0.05) is 11.1 Å². The molecule has 0 saturated heterocycles. The van der Waals surface area contributed by atoms with Gasteiger partial charge in [0.05, 0.1) is 5.69 Å². The molecule has 0 aliphatic rings. The maximum atomic E-state index is 4.72. The number of thiophene rings is 1. The zero-order chi connectivity index (χ0) is 15.7. The first kappa shape index (κ1) is 16.0. The highest BCUT2D eigenvalue weighted by atomic mass is 32.1. The van der Waals surface area contributed by atoms with Gasteiger partial charge in [0.15, 0.2) is 0 Å². The molecule has 0 spiro atoms. The van der Waals surface area contributed by atoms with Crippen molar-refractivity contribution in [3.05, 3.63) is 51.7 Å². The van der Waals surface area contributed by atoms with Crippen molar-refractivity contribution in [1.82, 2.24) is 0 Å². The summed E-state index contributed by atoms with van der Waals surface area (Å²) in [5.74, 6) is 0. The maximum absolute atomic E-state index is 4.72. The molecular formula is C19H25NS. The van der Waals surface area contributed by atoms with Gasteiger partial charge in [-0.05, 0) is 39.5 Å². The molecule has 0 aliphatic carbocycles. The molecule has 0 fully saturated rings. The van der Waals surface area contributed by atoms with E-state index >= 15 is 0 Å². The number of nitrogens with zero attached hydrogens (tertiary/aromatic N) is 1. The van der Waals surface area contributed by atoms with Crippen LogP contribution in [0.15, 0.2) is 40.7 Å². The second-order valence-electron chi connectivity index (χ2n) is 7.51. The van der Waals surface area contributed by atoms with Gasteiger partial charge in [0.25, 0.3) is 0 Å². The smallest absolute Gasteiger partial charge is 0.0667 e. The van der Waals surface area contributed by atoms with E-state index in [-0.39, 0.29) is 10.8 Å². The summed E-state index contributed by atoms with van der Waals surface area (Å²) < 4.78 is 0. The van der Waals surface area contributed by atoms with E-state index in [1.54, 1.807) is 11.3 Å². The molecule has 1 nitrogen and oxygen atoms in total. The van der Waals surface area contributed by atoms with Gasteiger partial charge in [-0.1, -0.05) is 59.7 Å². The van der Waals surface area contributed by atoms with Crippen LogP contribution in [0.4, 0.5) is 5.69 Å². The van der Waals surface area contributed by atoms with E-state index in [1.807, 2.05) is 6.21 Å². The van der Waals surface area contributed by atoms with E-state index in [2.05, 4.69) is 77.3 Å². The van der Waals surface area contributed by atoms with Gasteiger partial charge in [-0.2, -0.15) is 0 Å². The summed E-state index contributed by atoms with van der Waals surface area (Å²) in [5.41, 5.74) is 3.99. The molecular weight excluding hydrogens is 274 g/mol. The highest BCUT2D eigenvalue weighted by Gasteiger charge is 2.21. The minimum Gasteiger partial charge on any atom is -0.255 e. The molecule has 0 atom stereocenters. The van der Waals surface area contributed by atoms with E-state index in [0.29, 0.717) is 0 Å². The van der Waals surface area contributed by atoms with E-state index in [1.165, 1.54) is 16.0 Å². The van der Waals surface area contributed by atoms with E-state index in [4.69, 9.17) is 4.99 Å². The molecule has 1 aromatic carbocycles. The fraction of sp³-hybridized carbons (Fsp3) is 0.421. The number of aliphatic imine (C=N–C) groups is 1. The molecule has 2 heteroatoms. The third-order valence-electron chi connectivity index (χ3n) is 3.54. The molecule has 0 saturated carbocycles. The SMILES string of the molecule is CC(C)(C)c1ccc(N=Cc2cccs2)c(C(C)(C)C)c1. The summed E-state index contributed by atoms with van der Waals surface area (Å²) in [7, 11) is 0. The predicted molar refractivity (Wildman–Crippen MR) is 95.4 cm³/mol. The first-order valence-electron chi connectivity index (χ1n) is 7.40. The second kappa shape index (κ2) is 5.76. The zero-order valence-corrected chi connectivity index (χ0v) is 14.7. The van der Waals surface area contributed by atoms with Crippen LogP contribution in [-0.2, 0) is 10.8 Å². The van der Waals surface area contributed by atoms with E-state index < -0.39 is 0 Å². The first-order chi connectivity index (χ1) is 9.68. The third-order valence-corrected chi connectivity index (χ3v) is 4.35. The fourth-order valence-corrected chi connectivity index (χ4v) is 2.80. The predicted octanol–water partition coefficient (Wildman–Crippen LogP) is 6.09. The van der Waals surface area contributed by atoms with Crippen LogP contribution in [0.1, 0.15) is 57.5 Å². The lowest BCUT2D eigenvalue weighted by atomic mass is 9.80. The summed E-state index contributed by atoms with van der Waals surface area (Å²) >= 11 is 1.71. The Morgan fingerprint density at radius 1 is 0.952 bits per heavy atom. The van der Waals surface area contributed by atoms with Crippen molar-refractivity contribution in [2.24, 2.45) is 4.99 Å². The number of benzene rings is 1. The molecule has 1 aromatic heterocycles. The lowest BCUT2D eigenvalue weighted by Crippen LogP contribution is -2.16. The summed E-state index contributed by atoms with van der Waals surface area (Å²) in [6, 6.07) is 10.8. The molecule has 0 radical (unpaired) electrons. The summed E-state index contributed by atoms with van der Waals surface area (Å²) in [5, 5.41) is 2.08. The van der Waals surface area contributed by atoms with Crippen molar-refractivity contribution in [2.75, 3.05) is 0 Å². The van der Waals surface area contributed by atoms with Gasteiger partial charge in [-0.25, -0.2) is 0 Å². The van der Waals surface area contributed by atoms with Crippen molar-refractivity contribution in [1.29, 1.82) is 0 Å². The Bertz CT molecular complexity index is 623. The lowest BCUT2D eigenvalue weighted by Gasteiger charge is -2.26. The highest BCUT2D eigenvalue weighted by Crippen LogP contribution is 2.35. The van der Waals surface area contributed by atoms with Gasteiger partial charge >= 0.3 is 0 Å². The van der Waals surface area contributed by atoms with Crippen molar-refractivity contribution < 1.29 is 0 Å². The van der Waals surface area contributed by atoms with Crippen LogP contribution in [-0.4, -0.2) is 6.21 Å². The van der Waals surface area contributed by atoms with Gasteiger partial charge in [0.2, 0.25) is 0 Å². The average Bonchev–Trinajstić information content (AvgIpc) is 2.87. The normalized spacial score (nSPS) is 13.0. The minimum absolute atomic E-state index is 0.0867. The molecule has 0 N–H and O–H groups in total. The molecule has 1 heterocycles. The second-order valence-corrected chi connectivity index (χ2v) is 8.48. The van der Waals surface area contributed by atoms with Crippen LogP contribution in [0.2, 0.25) is 0 Å². The third kappa shape index (κ3) is 4.04. The van der Waals surface area contributed by atoms with Crippen molar-refractivity contribution in [3.8, 4) is 0 Å². The van der Waals surface area contributed by atoms with Crippen molar-refractivity contribution >= 4 is 23.2 Å². The Morgan fingerprint density at radius 3 is 2.19 bits per heavy atom. The minimum atomic E-state index is 0.0867. The van der Waals surface area contributed by atoms with Gasteiger partial charge < -0.3 is 0 Å². The van der Waals surface area contributed by atoms with Gasteiger partial charge in [0.1, 0.15) is 0 Å². The van der Waals surface area contributed by atoms with Gasteiger partial charge in [-0.3, -0.25) is 4.99 Å². The monoisotopic (exact) mass is 299 g/mol. The number of hydrogen-bond donors (Lipinski definition) is 0. The lowest BCUT2D eigenvalue weighted by molar-refractivity contribution is 0.569. The summed E-state index contributed by atoms with van der Waals surface area (Å²) in [4.78, 5) is 5.91. The molecule has 112 valence electrons. The van der Waals surface area contributed by atoms with Crippen LogP contribution in [0.25, 0.3) is 0 Å². The molecule has 0 aliphatic heterocycles. The fourth-order valence-electron chi connectivity index (χ4n) is 2.21. The Labute approximate surface area is 132 Å². The summed E-state index contributed by atoms with van der Waals surface area (Å²) in [6.07, 6.45) is 1.96. The molecule has 21 heavy (non-hydrogen) atoms. The zero-order valence-electron chi connectivity index (χ0n) is 13.9. The molecule has 2 aromatic rings. The van der Waals surface area contributed by atoms with Gasteiger partial charge in [-0.15, -0.1) is 11.3 Å². The summed E-state index contributed by atoms with van der Waals surface area (Å²) in [6.45, 7) is 13.5. The number of rotatable bonds is 2. The molecule has 0 unspecified atom stereocenters. The Morgan fingerprint density at radius 2 is 1.67 bits per heavy atom. The average molecular weight is 299 g/mol. The van der Waals surface area contributed by atoms with Crippen LogP contribution in [0, 0.1) is 0 Å². The Balaban J connectivity index is 2.46. The standard InChI is InChI=1S/C19H25NS/c1-18(2,3)14-9-10-17(16(12-14)19(4,5)6)20-13-15-8-7-11-21-15/h7-13H,1-6H3. The largest absolute Gasteiger partial charge is 0.255 e. The quantitative estimate of drug-likeness (QED) is 0.595. The van der Waals surface area contributed by atoms with E-state index in [0.717, 1.165) is 5.69 Å². The van der Waals surface area contributed by atoms with Crippen LogP contribution < -0.4 is 0 Å². The topological polar surface area (TPSA) is 12.4 Å². The van der Waals surface area contributed by atoms with Crippen molar-refractivity contribution in [2.45, 2.75) is 52.4 Å². The first-order valence-corrected chi connectivity index (χ1v) is 8.28. The van der Waals surface area contributed by atoms with Crippen LogP contribution >= 0.6 is 11.3 Å². The number of hydrogen-bond acceptors (Lipinski definition) is 2. The van der Waals surface area contributed by atoms with E-state index in [9.17, 15) is 0 Å². The highest BCUT2D eigenvalue weighted by molar-refractivity contribution is 7.11. The van der Waals surface area contributed by atoms with Crippen LogP contribution in [0.5, 0.6) is 0 Å². The maximum Gasteiger partial charge on any atom is 0.0667 e. The van der Waals surface area contributed by atoms with Crippen molar-refractivity contribution in [3.63, 3.8) is 0 Å². The molecule has 0 bridgehead atoms. The van der Waals surface area contributed by atoms with Crippen LogP contribution in [0.3, 0.4) is 0 Å². The Kier molecular flexibility index (Phi) is 4.38. The molecule has 2 rings (SSSR count). The molecule has 0 amide bonds. The Hall–Kier alpha value is -1.41.